The summed E-state index contributed by atoms with van der Waals surface area (Å²) in [6.45, 7) is 0.210. The second-order valence-electron chi connectivity index (χ2n) is 2.94. The molecule has 4 heteroatoms. The molecule has 1 aliphatic rings. The van der Waals surface area contributed by atoms with Gasteiger partial charge in [-0.15, -0.1) is 0 Å². The molecule has 0 aromatic heterocycles. The minimum Gasteiger partial charge on any atom is -0.454 e. The third kappa shape index (κ3) is 1.81. The van der Waals surface area contributed by atoms with Crippen molar-refractivity contribution >= 4 is 12.4 Å². The number of aldehydes is 1. The van der Waals surface area contributed by atoms with Crippen LogP contribution in [0.15, 0.2) is 23.8 Å². The van der Waals surface area contributed by atoms with Gasteiger partial charge in [0.15, 0.2) is 17.8 Å². The van der Waals surface area contributed by atoms with Crippen molar-refractivity contribution in [3.8, 4) is 17.6 Å². The number of carbonyl (C=O) groups excluding carboxylic acids is 1. The van der Waals surface area contributed by atoms with Crippen LogP contribution in [-0.4, -0.2) is 13.1 Å². The summed E-state index contributed by atoms with van der Waals surface area (Å²) >= 11 is 0. The lowest BCUT2D eigenvalue weighted by Crippen LogP contribution is -1.92. The van der Waals surface area contributed by atoms with Crippen LogP contribution in [0.1, 0.15) is 5.56 Å². The average Bonchev–Trinajstić information content (AvgIpc) is 2.73. The molecule has 1 aromatic rings. The van der Waals surface area contributed by atoms with Crippen LogP contribution < -0.4 is 9.47 Å². The highest BCUT2D eigenvalue weighted by Gasteiger charge is 2.12. The molecule has 0 radical (unpaired) electrons. The molecule has 0 bridgehead atoms. The summed E-state index contributed by atoms with van der Waals surface area (Å²) in [5.74, 6) is 1.31. The second-order valence-corrected chi connectivity index (χ2v) is 2.94. The first-order valence-corrected chi connectivity index (χ1v) is 4.30. The van der Waals surface area contributed by atoms with Gasteiger partial charge >= 0.3 is 0 Å². The van der Waals surface area contributed by atoms with Crippen molar-refractivity contribution in [2.45, 2.75) is 0 Å². The topological polar surface area (TPSA) is 59.3 Å². The maximum Gasteiger partial charge on any atom is 0.231 e. The second kappa shape index (κ2) is 3.84. The fourth-order valence-corrected chi connectivity index (χ4v) is 1.28. The average molecular weight is 201 g/mol. The molecule has 0 N–H and O–H groups in total. The van der Waals surface area contributed by atoms with Crippen LogP contribution >= 0.6 is 0 Å². The third-order valence-corrected chi connectivity index (χ3v) is 1.97. The molecule has 0 saturated heterocycles. The maximum absolute atomic E-state index is 10.4. The molecule has 0 aliphatic carbocycles. The number of nitrogens with zero attached hydrogens (tertiary/aromatic N) is 1. The van der Waals surface area contributed by atoms with E-state index >= 15 is 0 Å². The van der Waals surface area contributed by atoms with Gasteiger partial charge in [0.05, 0.1) is 5.57 Å². The van der Waals surface area contributed by atoms with E-state index in [0.29, 0.717) is 17.8 Å². The zero-order valence-corrected chi connectivity index (χ0v) is 7.77. The van der Waals surface area contributed by atoms with Crippen LogP contribution in [0.25, 0.3) is 6.08 Å². The summed E-state index contributed by atoms with van der Waals surface area (Å²) in [7, 11) is 0. The maximum atomic E-state index is 10.4. The van der Waals surface area contributed by atoms with Crippen molar-refractivity contribution in [1.29, 1.82) is 5.26 Å². The van der Waals surface area contributed by atoms with Crippen LogP contribution in [0.5, 0.6) is 11.5 Å². The summed E-state index contributed by atoms with van der Waals surface area (Å²) < 4.78 is 10.3. The normalized spacial score (nSPS) is 13.4. The number of allylic oxidation sites excluding steroid dienone is 1. The number of fused-ring (bicyclic) bond motifs is 1. The first-order chi connectivity index (χ1) is 7.33. The lowest BCUT2D eigenvalue weighted by molar-refractivity contribution is -0.104. The molecule has 1 aromatic carbocycles. The number of hydrogen-bond acceptors (Lipinski definition) is 4. The van der Waals surface area contributed by atoms with Gasteiger partial charge in [0.2, 0.25) is 6.79 Å². The molecule has 74 valence electrons. The quantitative estimate of drug-likeness (QED) is 0.413. The van der Waals surface area contributed by atoms with Gasteiger partial charge in [-0.3, -0.25) is 4.79 Å². The fraction of sp³-hybridized carbons (Fsp3) is 0.0909. The Labute approximate surface area is 86.3 Å². The number of hydrogen-bond donors (Lipinski definition) is 0. The van der Waals surface area contributed by atoms with Crippen molar-refractivity contribution in [1.82, 2.24) is 0 Å². The van der Waals surface area contributed by atoms with Gasteiger partial charge in [-0.1, -0.05) is 6.07 Å². The molecule has 0 amide bonds. The predicted molar refractivity (Wildman–Crippen MR) is 52.2 cm³/mol. The van der Waals surface area contributed by atoms with Crippen LogP contribution in [0.4, 0.5) is 0 Å². The highest BCUT2D eigenvalue weighted by molar-refractivity contribution is 5.87. The van der Waals surface area contributed by atoms with Gasteiger partial charge < -0.3 is 9.47 Å². The Bertz CT molecular complexity index is 471. The summed E-state index contributed by atoms with van der Waals surface area (Å²) in [6.07, 6.45) is 2.01. The number of carbonyl (C=O) groups is 1. The van der Waals surface area contributed by atoms with Crippen LogP contribution in [0.3, 0.4) is 0 Å². The molecule has 1 aliphatic heterocycles. The molecule has 0 unspecified atom stereocenters. The van der Waals surface area contributed by atoms with Crippen molar-refractivity contribution in [3.63, 3.8) is 0 Å². The zero-order valence-electron chi connectivity index (χ0n) is 7.77. The summed E-state index contributed by atoms with van der Waals surface area (Å²) in [4.78, 5) is 10.4. The number of nitriles is 1. The van der Waals surface area contributed by atoms with Gasteiger partial charge in [0.25, 0.3) is 0 Å². The van der Waals surface area contributed by atoms with E-state index in [1.54, 1.807) is 24.3 Å². The Morgan fingerprint density at radius 2 is 2.20 bits per heavy atom. The third-order valence-electron chi connectivity index (χ3n) is 1.97. The number of benzene rings is 1. The molecular formula is C11H7NO3. The van der Waals surface area contributed by atoms with E-state index in [4.69, 9.17) is 14.7 Å². The van der Waals surface area contributed by atoms with Gasteiger partial charge in [-0.25, -0.2) is 0 Å². The Balaban J connectivity index is 2.35. The first-order valence-electron chi connectivity index (χ1n) is 4.30. The molecule has 0 spiro atoms. The van der Waals surface area contributed by atoms with E-state index in [-0.39, 0.29) is 12.4 Å². The number of rotatable bonds is 2. The molecule has 4 nitrogen and oxygen atoms in total. The Morgan fingerprint density at radius 3 is 2.93 bits per heavy atom. The summed E-state index contributed by atoms with van der Waals surface area (Å²) in [5, 5.41) is 8.58. The summed E-state index contributed by atoms with van der Waals surface area (Å²) in [5.41, 5.74) is 0.816. The van der Waals surface area contributed by atoms with Crippen molar-refractivity contribution in [2.24, 2.45) is 0 Å². The minimum absolute atomic E-state index is 0.0777. The minimum atomic E-state index is 0.0777. The van der Waals surface area contributed by atoms with Gasteiger partial charge in [-0.2, -0.15) is 5.26 Å². The van der Waals surface area contributed by atoms with Crippen molar-refractivity contribution in [3.05, 3.63) is 29.3 Å². The predicted octanol–water partition coefficient (Wildman–Crippen LogP) is 1.52. The van der Waals surface area contributed by atoms with Gasteiger partial charge in [-0.05, 0) is 23.8 Å². The molecule has 0 fully saturated rings. The van der Waals surface area contributed by atoms with Gasteiger partial charge in [0, 0.05) is 0 Å². The monoisotopic (exact) mass is 201 g/mol. The Morgan fingerprint density at radius 1 is 1.40 bits per heavy atom. The molecule has 0 saturated carbocycles. The fourth-order valence-electron chi connectivity index (χ4n) is 1.28. The van der Waals surface area contributed by atoms with Crippen LogP contribution in [0.2, 0.25) is 0 Å². The van der Waals surface area contributed by atoms with E-state index in [0.717, 1.165) is 5.56 Å². The number of ether oxygens (including phenoxy) is 2. The van der Waals surface area contributed by atoms with E-state index in [2.05, 4.69) is 0 Å². The lowest BCUT2D eigenvalue weighted by atomic mass is 10.1. The molecular weight excluding hydrogens is 194 g/mol. The largest absolute Gasteiger partial charge is 0.454 e. The Hall–Kier alpha value is -2.28. The lowest BCUT2D eigenvalue weighted by Gasteiger charge is -1.97. The molecule has 0 atom stereocenters. The van der Waals surface area contributed by atoms with Crippen LogP contribution in [0, 0.1) is 11.3 Å². The standard InChI is InChI=1S/C11H7NO3/c12-5-9(6-13)3-8-1-2-10-11(4-8)15-7-14-10/h1-4,6H,7H2/b9-3+. The van der Waals surface area contributed by atoms with Crippen molar-refractivity contribution in [2.75, 3.05) is 6.79 Å². The van der Waals surface area contributed by atoms with E-state index in [1.807, 2.05) is 0 Å². The Kier molecular flexibility index (Phi) is 2.38. The molecule has 1 heterocycles. The zero-order chi connectivity index (χ0) is 10.7. The smallest absolute Gasteiger partial charge is 0.231 e. The molecule has 2 rings (SSSR count). The first kappa shape index (κ1) is 9.28. The molecule has 15 heavy (non-hydrogen) atoms. The van der Waals surface area contributed by atoms with Crippen LogP contribution in [-0.2, 0) is 4.79 Å². The van der Waals surface area contributed by atoms with E-state index in [9.17, 15) is 4.79 Å². The highest BCUT2D eigenvalue weighted by atomic mass is 16.7. The van der Waals surface area contributed by atoms with E-state index in [1.165, 1.54) is 6.08 Å². The van der Waals surface area contributed by atoms with E-state index < -0.39 is 0 Å². The van der Waals surface area contributed by atoms with Crippen molar-refractivity contribution < 1.29 is 14.3 Å². The highest BCUT2D eigenvalue weighted by Crippen LogP contribution is 2.32. The van der Waals surface area contributed by atoms with Gasteiger partial charge in [0.1, 0.15) is 6.07 Å². The summed E-state index contributed by atoms with van der Waals surface area (Å²) in [6, 6.07) is 7.02. The SMILES string of the molecule is N#C/C(C=O)=C\c1ccc2c(c1)OCO2.